The summed E-state index contributed by atoms with van der Waals surface area (Å²) < 4.78 is 0. The number of anilines is 3. The zero-order valence-corrected chi connectivity index (χ0v) is 33.1. The number of fused-ring (bicyclic) bond motifs is 7. The summed E-state index contributed by atoms with van der Waals surface area (Å²) in [5, 5.41) is 2.45. The van der Waals surface area contributed by atoms with E-state index in [2.05, 4.69) is 232 Å². The molecule has 58 heavy (non-hydrogen) atoms. The molecule has 0 saturated heterocycles. The third-order valence-corrected chi connectivity index (χ3v) is 13.1. The van der Waals surface area contributed by atoms with Gasteiger partial charge < -0.3 is 4.90 Å². The molecule has 0 aromatic heterocycles. The van der Waals surface area contributed by atoms with Crippen molar-refractivity contribution in [3.8, 4) is 44.5 Å². The smallest absolute Gasteiger partial charge is 0.0540 e. The Bertz CT molecular complexity index is 3040. The second kappa shape index (κ2) is 13.0. The maximum absolute atomic E-state index is 2.45. The van der Waals surface area contributed by atoms with Crippen LogP contribution in [0.1, 0.15) is 48.6 Å². The van der Waals surface area contributed by atoms with E-state index in [1.807, 2.05) is 0 Å². The summed E-state index contributed by atoms with van der Waals surface area (Å²) in [5.74, 6) is 0. The highest BCUT2D eigenvalue weighted by Crippen LogP contribution is 2.55. The van der Waals surface area contributed by atoms with Crippen molar-refractivity contribution in [2.24, 2.45) is 0 Å². The number of nitrogens with zero attached hydrogens (tertiary/aromatic N) is 1. The maximum atomic E-state index is 2.45. The molecule has 276 valence electrons. The summed E-state index contributed by atoms with van der Waals surface area (Å²) in [6.07, 6.45) is 0. The lowest BCUT2D eigenvalue weighted by atomic mass is 9.74. The Balaban J connectivity index is 1.05. The third-order valence-electron chi connectivity index (χ3n) is 13.1. The van der Waals surface area contributed by atoms with Gasteiger partial charge in [0, 0.05) is 27.8 Å². The van der Waals surface area contributed by atoms with Crippen molar-refractivity contribution < 1.29 is 0 Å². The monoisotopic (exact) mass is 741 g/mol. The third kappa shape index (κ3) is 5.10. The number of rotatable bonds is 6. The molecule has 1 nitrogen and oxygen atoms in total. The van der Waals surface area contributed by atoms with E-state index < -0.39 is 0 Å². The molecule has 9 aromatic rings. The molecule has 0 heterocycles. The van der Waals surface area contributed by atoms with E-state index in [0.717, 1.165) is 17.1 Å². The first-order chi connectivity index (χ1) is 28.4. The van der Waals surface area contributed by atoms with Crippen LogP contribution in [0.3, 0.4) is 0 Å². The minimum Gasteiger partial charge on any atom is -0.310 e. The number of para-hydroxylation sites is 1. The van der Waals surface area contributed by atoms with Gasteiger partial charge in [0.2, 0.25) is 0 Å². The van der Waals surface area contributed by atoms with Crippen LogP contribution < -0.4 is 4.90 Å². The molecule has 11 rings (SSSR count). The summed E-state index contributed by atoms with van der Waals surface area (Å²) >= 11 is 0. The normalized spacial score (nSPS) is 15.7. The van der Waals surface area contributed by atoms with E-state index in [-0.39, 0.29) is 10.8 Å². The lowest BCUT2D eigenvalue weighted by Crippen LogP contribution is -2.22. The van der Waals surface area contributed by atoms with Gasteiger partial charge in [0.25, 0.3) is 0 Å². The molecule has 0 radical (unpaired) electrons. The first kappa shape index (κ1) is 34.3. The van der Waals surface area contributed by atoms with Crippen LogP contribution in [0, 0.1) is 0 Å². The molecule has 2 aliphatic rings. The molecule has 0 spiro atoms. The van der Waals surface area contributed by atoms with Crippen molar-refractivity contribution in [2.45, 2.75) is 31.6 Å². The van der Waals surface area contributed by atoms with Crippen LogP contribution >= 0.6 is 0 Å². The molecule has 1 unspecified atom stereocenters. The lowest BCUT2D eigenvalue weighted by Gasteiger charge is -2.30. The fraction of sp³-hybridized carbons (Fsp3) is 0.0877. The molecule has 0 bridgehead atoms. The van der Waals surface area contributed by atoms with E-state index in [4.69, 9.17) is 0 Å². The minimum atomic E-state index is -0.243. The van der Waals surface area contributed by atoms with Crippen molar-refractivity contribution in [3.63, 3.8) is 0 Å². The number of hydrogen-bond donors (Lipinski definition) is 0. The van der Waals surface area contributed by atoms with Crippen LogP contribution in [0.2, 0.25) is 0 Å². The van der Waals surface area contributed by atoms with Gasteiger partial charge >= 0.3 is 0 Å². The van der Waals surface area contributed by atoms with Crippen molar-refractivity contribution in [1.29, 1.82) is 0 Å². The van der Waals surface area contributed by atoms with E-state index in [1.165, 1.54) is 83.1 Å². The summed E-state index contributed by atoms with van der Waals surface area (Å²) in [6.45, 7) is 7.15. The topological polar surface area (TPSA) is 3.24 Å². The predicted octanol–water partition coefficient (Wildman–Crippen LogP) is 15.3. The molecule has 0 aliphatic heterocycles. The molecular weight excluding hydrogens is 699 g/mol. The van der Waals surface area contributed by atoms with Gasteiger partial charge in [0.05, 0.1) is 5.69 Å². The molecule has 0 fully saturated rings. The highest BCUT2D eigenvalue weighted by Gasteiger charge is 2.41. The van der Waals surface area contributed by atoms with Crippen LogP contribution in [-0.4, -0.2) is 0 Å². The minimum absolute atomic E-state index is 0.140. The molecule has 0 saturated carbocycles. The van der Waals surface area contributed by atoms with Gasteiger partial charge in [-0.3, -0.25) is 0 Å². The summed E-state index contributed by atoms with van der Waals surface area (Å²) in [4.78, 5) is 2.45. The zero-order valence-electron chi connectivity index (χ0n) is 33.1. The second-order valence-electron chi connectivity index (χ2n) is 16.6. The van der Waals surface area contributed by atoms with Crippen molar-refractivity contribution >= 4 is 27.8 Å². The standard InChI is InChI=1S/C57H43N/c1-56(2)51-25-12-9-21-46(51)49-23-15-24-50(55(49)56)48-22-11-14-27-54(48)58(44-34-30-38-16-7-8-17-40(38)36-44)43-32-28-39(29-33-43)41-31-35-47-45-20-10-13-26-52(45)57(3,53(47)37-41)42-18-5-4-6-19-42/h4-37H,1-3H3. The highest BCUT2D eigenvalue weighted by molar-refractivity contribution is 5.96. The van der Waals surface area contributed by atoms with Gasteiger partial charge in [-0.1, -0.05) is 184 Å². The van der Waals surface area contributed by atoms with Crippen molar-refractivity contribution in [3.05, 3.63) is 234 Å². The average molecular weight is 742 g/mol. The number of benzene rings is 9. The van der Waals surface area contributed by atoms with Crippen LogP contribution in [0.4, 0.5) is 17.1 Å². The summed E-state index contributed by atoms with van der Waals surface area (Å²) in [7, 11) is 0. The zero-order chi connectivity index (χ0) is 39.0. The second-order valence-corrected chi connectivity index (χ2v) is 16.6. The summed E-state index contributed by atoms with van der Waals surface area (Å²) in [5.41, 5.74) is 20.0. The van der Waals surface area contributed by atoms with Crippen molar-refractivity contribution in [2.75, 3.05) is 4.90 Å². The molecule has 2 aliphatic carbocycles. The quantitative estimate of drug-likeness (QED) is 0.164. The van der Waals surface area contributed by atoms with Gasteiger partial charge in [0.1, 0.15) is 0 Å². The van der Waals surface area contributed by atoms with E-state index >= 15 is 0 Å². The molecule has 1 heteroatoms. The molecule has 9 aromatic carbocycles. The maximum Gasteiger partial charge on any atom is 0.0540 e. The molecular formula is C57H43N. The van der Waals surface area contributed by atoms with E-state index in [9.17, 15) is 0 Å². The Morgan fingerprint density at radius 1 is 0.345 bits per heavy atom. The Hall–Kier alpha value is -6.96. The Morgan fingerprint density at radius 3 is 1.67 bits per heavy atom. The Morgan fingerprint density at radius 2 is 0.897 bits per heavy atom. The first-order valence-electron chi connectivity index (χ1n) is 20.4. The van der Waals surface area contributed by atoms with Gasteiger partial charge in [-0.25, -0.2) is 0 Å². The van der Waals surface area contributed by atoms with Crippen molar-refractivity contribution in [1.82, 2.24) is 0 Å². The molecule has 0 amide bonds. The van der Waals surface area contributed by atoms with Crippen LogP contribution in [0.25, 0.3) is 55.3 Å². The predicted molar refractivity (Wildman–Crippen MR) is 245 cm³/mol. The highest BCUT2D eigenvalue weighted by atomic mass is 15.1. The first-order valence-corrected chi connectivity index (χ1v) is 20.4. The fourth-order valence-corrected chi connectivity index (χ4v) is 10.3. The SMILES string of the molecule is CC1(C)c2ccccc2-c2cccc(-c3ccccc3N(c3ccc(-c4ccc5c(c4)C(C)(c4ccccc4)c4ccccc4-5)cc3)c3ccc4ccccc4c3)c21. The lowest BCUT2D eigenvalue weighted by molar-refractivity contribution is 0.662. The van der Waals surface area contributed by atoms with Gasteiger partial charge in [-0.2, -0.15) is 0 Å². The fourth-order valence-electron chi connectivity index (χ4n) is 10.3. The van der Waals surface area contributed by atoms with Crippen LogP contribution in [0.5, 0.6) is 0 Å². The average Bonchev–Trinajstić information content (AvgIpc) is 3.68. The van der Waals surface area contributed by atoms with Gasteiger partial charge in [-0.15, -0.1) is 0 Å². The summed E-state index contributed by atoms with van der Waals surface area (Å²) in [6, 6.07) is 76.4. The van der Waals surface area contributed by atoms with Crippen LogP contribution in [-0.2, 0) is 10.8 Å². The molecule has 1 atom stereocenters. The van der Waals surface area contributed by atoms with Gasteiger partial charge in [0.15, 0.2) is 0 Å². The van der Waals surface area contributed by atoms with E-state index in [1.54, 1.807) is 0 Å². The Kier molecular flexibility index (Phi) is 7.72. The molecule has 0 N–H and O–H groups in total. The largest absolute Gasteiger partial charge is 0.310 e. The van der Waals surface area contributed by atoms with E-state index in [0.29, 0.717) is 0 Å². The number of hydrogen-bond acceptors (Lipinski definition) is 1. The Labute approximate surface area is 341 Å². The van der Waals surface area contributed by atoms with Crippen LogP contribution in [0.15, 0.2) is 206 Å². The van der Waals surface area contributed by atoms with Gasteiger partial charge in [-0.05, 0) is 121 Å².